The zero-order valence-electron chi connectivity index (χ0n) is 13.0. The number of ether oxygens (including phenoxy) is 1. The van der Waals surface area contributed by atoms with Gasteiger partial charge in [0.05, 0.1) is 12.7 Å². The Labute approximate surface area is 127 Å². The Bertz CT molecular complexity index is 514. The second-order valence-corrected chi connectivity index (χ2v) is 6.09. The van der Waals surface area contributed by atoms with Gasteiger partial charge in [0.25, 0.3) is 0 Å². The lowest BCUT2D eigenvalue weighted by molar-refractivity contribution is 0.117. The van der Waals surface area contributed by atoms with Crippen molar-refractivity contribution >= 4 is 0 Å². The lowest BCUT2D eigenvalue weighted by Gasteiger charge is -2.37. The van der Waals surface area contributed by atoms with Crippen LogP contribution in [0.2, 0.25) is 0 Å². The van der Waals surface area contributed by atoms with Gasteiger partial charge in [-0.15, -0.1) is 0 Å². The third-order valence-electron chi connectivity index (χ3n) is 3.98. The fraction of sp³-hybridized carbons (Fsp3) is 0.588. The van der Waals surface area contributed by atoms with Gasteiger partial charge in [0.15, 0.2) is 11.5 Å². The zero-order chi connectivity index (χ0) is 15.4. The van der Waals surface area contributed by atoms with Crippen molar-refractivity contribution in [3.8, 4) is 17.6 Å². The predicted molar refractivity (Wildman–Crippen MR) is 82.1 cm³/mol. The number of aromatic hydroxyl groups is 1. The average molecular weight is 288 g/mol. The van der Waals surface area contributed by atoms with Gasteiger partial charge in [-0.2, -0.15) is 5.26 Å². The minimum absolute atomic E-state index is 0.123. The van der Waals surface area contributed by atoms with Crippen LogP contribution >= 0.6 is 0 Å². The summed E-state index contributed by atoms with van der Waals surface area (Å²) in [5.74, 6) is 1.78. The minimum atomic E-state index is -0.282. The fourth-order valence-electron chi connectivity index (χ4n) is 3.26. The van der Waals surface area contributed by atoms with Crippen molar-refractivity contribution in [2.75, 3.05) is 19.7 Å². The van der Waals surface area contributed by atoms with Crippen LogP contribution in [0, 0.1) is 23.2 Å². The van der Waals surface area contributed by atoms with Gasteiger partial charge in [0, 0.05) is 13.1 Å². The molecule has 114 valence electrons. The van der Waals surface area contributed by atoms with E-state index in [2.05, 4.69) is 24.8 Å². The highest BCUT2D eigenvalue weighted by Crippen LogP contribution is 2.33. The van der Waals surface area contributed by atoms with Crippen LogP contribution in [-0.2, 0) is 0 Å². The summed E-state index contributed by atoms with van der Waals surface area (Å²) in [7, 11) is 0. The largest absolute Gasteiger partial charge is 0.504 e. The number of phenolic OH excluding ortho intramolecular Hbond substituents is 1. The van der Waals surface area contributed by atoms with E-state index in [1.165, 1.54) is 6.42 Å². The van der Waals surface area contributed by atoms with E-state index in [1.807, 2.05) is 13.0 Å². The molecule has 0 aromatic heterocycles. The molecular weight excluding hydrogens is 264 g/mol. The summed E-state index contributed by atoms with van der Waals surface area (Å²) in [6.45, 7) is 8.72. The minimum Gasteiger partial charge on any atom is -0.504 e. The molecule has 1 aliphatic rings. The monoisotopic (exact) mass is 288 g/mol. The summed E-state index contributed by atoms with van der Waals surface area (Å²) >= 11 is 0. The van der Waals surface area contributed by atoms with Gasteiger partial charge in [0.1, 0.15) is 6.04 Å². The van der Waals surface area contributed by atoms with E-state index in [4.69, 9.17) is 4.74 Å². The molecule has 2 rings (SSSR count). The van der Waals surface area contributed by atoms with Crippen LogP contribution in [0.25, 0.3) is 0 Å². The predicted octanol–water partition coefficient (Wildman–Crippen LogP) is 3.33. The number of phenols is 1. The quantitative estimate of drug-likeness (QED) is 0.923. The van der Waals surface area contributed by atoms with Crippen LogP contribution in [0.15, 0.2) is 18.2 Å². The van der Waals surface area contributed by atoms with Crippen molar-refractivity contribution in [2.45, 2.75) is 33.2 Å². The summed E-state index contributed by atoms with van der Waals surface area (Å²) in [6.07, 6.45) is 1.22. The topological polar surface area (TPSA) is 56.5 Å². The van der Waals surface area contributed by atoms with Crippen molar-refractivity contribution in [1.29, 1.82) is 5.26 Å². The molecule has 0 bridgehead atoms. The second kappa shape index (κ2) is 6.82. The first-order valence-electron chi connectivity index (χ1n) is 7.64. The molecule has 1 aromatic rings. The van der Waals surface area contributed by atoms with Crippen LogP contribution in [0.4, 0.5) is 0 Å². The van der Waals surface area contributed by atoms with Crippen LogP contribution < -0.4 is 4.74 Å². The summed E-state index contributed by atoms with van der Waals surface area (Å²) in [5.41, 5.74) is 0.889. The van der Waals surface area contributed by atoms with E-state index in [-0.39, 0.29) is 11.8 Å². The van der Waals surface area contributed by atoms with E-state index in [1.54, 1.807) is 12.1 Å². The first kappa shape index (κ1) is 15.7. The fourth-order valence-corrected chi connectivity index (χ4v) is 3.26. The highest BCUT2D eigenvalue weighted by molar-refractivity contribution is 5.44. The van der Waals surface area contributed by atoms with E-state index in [0.29, 0.717) is 24.2 Å². The molecule has 1 saturated heterocycles. The molecule has 0 radical (unpaired) electrons. The van der Waals surface area contributed by atoms with Crippen LogP contribution in [-0.4, -0.2) is 29.7 Å². The summed E-state index contributed by atoms with van der Waals surface area (Å²) < 4.78 is 5.42. The van der Waals surface area contributed by atoms with E-state index >= 15 is 0 Å². The molecule has 0 saturated carbocycles. The Morgan fingerprint density at radius 2 is 2.05 bits per heavy atom. The molecule has 1 aliphatic heterocycles. The number of hydrogen-bond acceptors (Lipinski definition) is 4. The Balaban J connectivity index is 2.25. The van der Waals surface area contributed by atoms with E-state index < -0.39 is 0 Å². The summed E-state index contributed by atoms with van der Waals surface area (Å²) in [6, 6.07) is 7.34. The van der Waals surface area contributed by atoms with Crippen LogP contribution in [0.1, 0.15) is 38.8 Å². The molecular formula is C17H24N2O2. The van der Waals surface area contributed by atoms with Gasteiger partial charge in [-0.05, 0) is 42.9 Å². The maximum absolute atomic E-state index is 9.79. The Kier molecular flexibility index (Phi) is 5.08. The Hall–Kier alpha value is -1.73. The summed E-state index contributed by atoms with van der Waals surface area (Å²) in [4.78, 5) is 2.24. The van der Waals surface area contributed by atoms with Gasteiger partial charge in [-0.3, -0.25) is 4.90 Å². The van der Waals surface area contributed by atoms with E-state index in [0.717, 1.165) is 18.7 Å². The molecule has 4 nitrogen and oxygen atoms in total. The smallest absolute Gasteiger partial charge is 0.161 e. The first-order valence-corrected chi connectivity index (χ1v) is 7.64. The van der Waals surface area contributed by atoms with Crippen molar-refractivity contribution in [3.05, 3.63) is 23.8 Å². The SMILES string of the molecule is CCOc1cc(C(C#N)N2CC(C)CC(C)C2)ccc1O. The van der Waals surface area contributed by atoms with E-state index in [9.17, 15) is 10.4 Å². The van der Waals surface area contributed by atoms with Crippen LogP contribution in [0.3, 0.4) is 0 Å². The molecule has 0 aliphatic carbocycles. The highest BCUT2D eigenvalue weighted by atomic mass is 16.5. The van der Waals surface area contributed by atoms with Gasteiger partial charge in [-0.1, -0.05) is 19.9 Å². The second-order valence-electron chi connectivity index (χ2n) is 6.09. The third kappa shape index (κ3) is 3.68. The lowest BCUT2D eigenvalue weighted by Crippen LogP contribution is -2.40. The molecule has 0 spiro atoms. The first-order chi connectivity index (χ1) is 10.0. The van der Waals surface area contributed by atoms with Crippen LogP contribution in [0.5, 0.6) is 11.5 Å². The maximum atomic E-state index is 9.79. The van der Waals surface area contributed by atoms with Gasteiger partial charge >= 0.3 is 0 Å². The standard InChI is InChI=1S/C17H24N2O2/c1-4-21-17-8-14(5-6-16(17)20)15(9-18)19-10-12(2)7-13(3)11-19/h5-6,8,12-13,15,20H,4,7,10-11H2,1-3H3. The van der Waals surface area contributed by atoms with Crippen molar-refractivity contribution < 1.29 is 9.84 Å². The number of piperidine rings is 1. The molecule has 4 heteroatoms. The molecule has 1 fully saturated rings. The summed E-state index contributed by atoms with van der Waals surface area (Å²) in [5, 5.41) is 19.4. The highest BCUT2D eigenvalue weighted by Gasteiger charge is 2.28. The molecule has 3 unspecified atom stereocenters. The molecule has 1 aromatic carbocycles. The molecule has 3 atom stereocenters. The lowest BCUT2D eigenvalue weighted by atomic mass is 9.90. The number of nitrogens with zero attached hydrogens (tertiary/aromatic N) is 2. The third-order valence-corrected chi connectivity index (χ3v) is 3.98. The Morgan fingerprint density at radius 3 is 2.62 bits per heavy atom. The molecule has 21 heavy (non-hydrogen) atoms. The number of nitriles is 1. The zero-order valence-corrected chi connectivity index (χ0v) is 13.0. The molecule has 1 heterocycles. The van der Waals surface area contributed by atoms with Gasteiger partial charge in [-0.25, -0.2) is 0 Å². The van der Waals surface area contributed by atoms with Crippen molar-refractivity contribution in [3.63, 3.8) is 0 Å². The number of likely N-dealkylation sites (tertiary alicyclic amines) is 1. The average Bonchev–Trinajstić information content (AvgIpc) is 2.42. The molecule has 0 amide bonds. The van der Waals surface area contributed by atoms with Gasteiger partial charge < -0.3 is 9.84 Å². The number of hydrogen-bond donors (Lipinski definition) is 1. The molecule has 1 N–H and O–H groups in total. The number of benzene rings is 1. The normalized spacial score (nSPS) is 24.3. The number of rotatable bonds is 4. The van der Waals surface area contributed by atoms with Gasteiger partial charge in [0.2, 0.25) is 0 Å². The van der Waals surface area contributed by atoms with Crippen molar-refractivity contribution in [2.24, 2.45) is 11.8 Å². The maximum Gasteiger partial charge on any atom is 0.161 e. The van der Waals surface area contributed by atoms with Crippen molar-refractivity contribution in [1.82, 2.24) is 4.90 Å². The Morgan fingerprint density at radius 1 is 1.38 bits per heavy atom.